The molecule has 1 heterocycles. The topological polar surface area (TPSA) is 54.1 Å². The van der Waals surface area contributed by atoms with Crippen molar-refractivity contribution in [2.24, 2.45) is 0 Å². The van der Waals surface area contributed by atoms with E-state index in [0.717, 1.165) is 35.1 Å². The van der Waals surface area contributed by atoms with Crippen molar-refractivity contribution in [3.8, 4) is 5.75 Å². The molecule has 0 aliphatic heterocycles. The van der Waals surface area contributed by atoms with Crippen molar-refractivity contribution in [1.29, 1.82) is 0 Å². The van der Waals surface area contributed by atoms with Crippen LogP contribution in [0.4, 0.5) is 0 Å². The molecule has 0 radical (unpaired) electrons. The van der Waals surface area contributed by atoms with Crippen molar-refractivity contribution >= 4 is 16.8 Å². The number of hydrogen-bond donors (Lipinski definition) is 2. The summed E-state index contributed by atoms with van der Waals surface area (Å²) < 4.78 is 5.30. The van der Waals surface area contributed by atoms with Crippen LogP contribution < -0.4 is 10.1 Å². The van der Waals surface area contributed by atoms with E-state index in [1.807, 2.05) is 54.8 Å². The number of amides is 1. The number of aromatic nitrogens is 1. The van der Waals surface area contributed by atoms with Crippen molar-refractivity contribution < 1.29 is 9.53 Å². The van der Waals surface area contributed by atoms with E-state index < -0.39 is 0 Å². The number of nitrogens with one attached hydrogen (secondary N) is 2. The van der Waals surface area contributed by atoms with Gasteiger partial charge in [-0.3, -0.25) is 4.79 Å². The highest BCUT2D eigenvalue weighted by molar-refractivity contribution is 5.88. The maximum Gasteiger partial charge on any atom is 0.243 e. The molecule has 0 saturated heterocycles. The van der Waals surface area contributed by atoms with E-state index in [2.05, 4.69) is 35.5 Å². The molecular formula is C31H42N2O2. The minimum Gasteiger partial charge on any atom is -0.497 e. The third-order valence-corrected chi connectivity index (χ3v) is 5.80. The van der Waals surface area contributed by atoms with E-state index in [1.54, 1.807) is 19.3 Å². The van der Waals surface area contributed by atoms with Gasteiger partial charge in [0.25, 0.3) is 0 Å². The zero-order valence-corrected chi connectivity index (χ0v) is 21.5. The predicted molar refractivity (Wildman–Crippen MR) is 150 cm³/mol. The van der Waals surface area contributed by atoms with Gasteiger partial charge < -0.3 is 15.0 Å². The first-order valence-corrected chi connectivity index (χ1v) is 13.0. The lowest BCUT2D eigenvalue weighted by Crippen LogP contribution is -2.23. The van der Waals surface area contributed by atoms with Crippen molar-refractivity contribution in [3.63, 3.8) is 0 Å². The van der Waals surface area contributed by atoms with Gasteiger partial charge in [0.05, 0.1) is 7.11 Å². The predicted octanol–water partition coefficient (Wildman–Crippen LogP) is 7.76. The normalized spacial score (nSPS) is 12.4. The zero-order valence-electron chi connectivity index (χ0n) is 21.5. The van der Waals surface area contributed by atoms with Crippen LogP contribution in [0.2, 0.25) is 0 Å². The van der Waals surface area contributed by atoms with Gasteiger partial charge in [-0.05, 0) is 43.0 Å². The first-order valence-electron chi connectivity index (χ1n) is 13.0. The first-order chi connectivity index (χ1) is 17.2. The van der Waals surface area contributed by atoms with E-state index >= 15 is 0 Å². The molecule has 1 aromatic carbocycles. The Morgan fingerprint density at radius 2 is 1.60 bits per heavy atom. The van der Waals surface area contributed by atoms with Gasteiger partial charge in [0.2, 0.25) is 5.91 Å². The van der Waals surface area contributed by atoms with Gasteiger partial charge in [-0.15, -0.1) is 0 Å². The number of rotatable bonds is 17. The fraction of sp³-hybridized carbons (Fsp3) is 0.387. The lowest BCUT2D eigenvalue weighted by Gasteiger charge is -2.03. The quantitative estimate of drug-likeness (QED) is 0.140. The van der Waals surface area contributed by atoms with Gasteiger partial charge >= 0.3 is 0 Å². The van der Waals surface area contributed by atoms with Crippen LogP contribution in [0.15, 0.2) is 85.2 Å². The largest absolute Gasteiger partial charge is 0.497 e. The third-order valence-electron chi connectivity index (χ3n) is 5.80. The summed E-state index contributed by atoms with van der Waals surface area (Å²) in [6.45, 7) is 2.84. The Balaban J connectivity index is 1.55. The average molecular weight is 475 g/mol. The molecule has 2 rings (SSSR count). The molecule has 35 heavy (non-hydrogen) atoms. The summed E-state index contributed by atoms with van der Waals surface area (Å²) >= 11 is 0. The van der Waals surface area contributed by atoms with Crippen LogP contribution in [0, 0.1) is 0 Å². The van der Waals surface area contributed by atoms with Crippen molar-refractivity contribution in [2.75, 3.05) is 13.7 Å². The van der Waals surface area contributed by atoms with Crippen LogP contribution in [-0.4, -0.2) is 24.5 Å². The first kappa shape index (κ1) is 28.0. The molecule has 0 atom stereocenters. The second-order valence-corrected chi connectivity index (χ2v) is 8.62. The van der Waals surface area contributed by atoms with Crippen LogP contribution in [0.3, 0.4) is 0 Å². The van der Waals surface area contributed by atoms with Gasteiger partial charge in [-0.2, -0.15) is 0 Å². The summed E-state index contributed by atoms with van der Waals surface area (Å²) in [4.78, 5) is 15.3. The van der Waals surface area contributed by atoms with Crippen LogP contribution in [-0.2, 0) is 11.2 Å². The highest BCUT2D eigenvalue weighted by Gasteiger charge is 2.05. The van der Waals surface area contributed by atoms with Gasteiger partial charge in [-0.1, -0.05) is 100 Å². The Hall–Kier alpha value is -3.27. The highest BCUT2D eigenvalue weighted by atomic mass is 16.5. The van der Waals surface area contributed by atoms with Gasteiger partial charge in [-0.25, -0.2) is 0 Å². The molecule has 0 saturated carbocycles. The number of allylic oxidation sites excluding steroid dienone is 9. The van der Waals surface area contributed by atoms with Crippen LogP contribution in [0.5, 0.6) is 5.75 Å². The SMILES string of the molecule is CCCCCCCCCC=CC=CC=CC=CC=CC(=O)NCCc1c[nH]c2ccc(OC)cc12. The van der Waals surface area contributed by atoms with Crippen molar-refractivity contribution in [2.45, 2.75) is 64.7 Å². The smallest absolute Gasteiger partial charge is 0.243 e. The molecule has 4 nitrogen and oxygen atoms in total. The van der Waals surface area contributed by atoms with Crippen LogP contribution in [0.25, 0.3) is 10.9 Å². The van der Waals surface area contributed by atoms with Crippen molar-refractivity contribution in [3.05, 3.63) is 90.7 Å². The number of ether oxygens (including phenoxy) is 1. The Morgan fingerprint density at radius 1 is 0.914 bits per heavy atom. The number of methoxy groups -OCH3 is 1. The minimum atomic E-state index is -0.0953. The summed E-state index contributed by atoms with van der Waals surface area (Å²) in [6.07, 6.45) is 32.8. The summed E-state index contributed by atoms with van der Waals surface area (Å²) in [5, 5.41) is 4.05. The van der Waals surface area contributed by atoms with Crippen molar-refractivity contribution in [1.82, 2.24) is 10.3 Å². The van der Waals surface area contributed by atoms with E-state index in [4.69, 9.17) is 4.74 Å². The summed E-state index contributed by atoms with van der Waals surface area (Å²) in [7, 11) is 1.66. The Labute approximate surface area is 211 Å². The lowest BCUT2D eigenvalue weighted by atomic mass is 10.1. The van der Waals surface area contributed by atoms with Gasteiger partial charge in [0, 0.05) is 29.7 Å². The number of carbonyl (C=O) groups excluding carboxylic acids is 1. The maximum atomic E-state index is 12.0. The molecule has 4 heteroatoms. The number of unbranched alkanes of at least 4 members (excludes halogenated alkanes) is 7. The fourth-order valence-corrected chi connectivity index (χ4v) is 3.79. The van der Waals surface area contributed by atoms with Gasteiger partial charge in [0.1, 0.15) is 5.75 Å². The Morgan fingerprint density at radius 3 is 2.34 bits per heavy atom. The second kappa shape index (κ2) is 18.1. The number of benzene rings is 1. The second-order valence-electron chi connectivity index (χ2n) is 8.62. The molecule has 2 aromatic rings. The summed E-state index contributed by atoms with van der Waals surface area (Å²) in [5.74, 6) is 0.735. The monoisotopic (exact) mass is 474 g/mol. The number of aromatic amines is 1. The standard InChI is InChI=1S/C31H42N2O2/c1-3-4-5-6-7-8-9-10-11-12-13-14-15-16-17-18-19-20-31(34)32-24-23-27-26-33-30-22-21-28(35-2)25-29(27)30/h11-22,25-26,33H,3-10,23-24H2,1-2H3,(H,32,34). The molecule has 2 N–H and O–H groups in total. The van der Waals surface area contributed by atoms with E-state index in [1.165, 1.54) is 44.9 Å². The van der Waals surface area contributed by atoms with E-state index in [0.29, 0.717) is 6.54 Å². The fourth-order valence-electron chi connectivity index (χ4n) is 3.79. The highest BCUT2D eigenvalue weighted by Crippen LogP contribution is 2.23. The maximum absolute atomic E-state index is 12.0. The molecule has 0 bridgehead atoms. The number of fused-ring (bicyclic) bond motifs is 1. The average Bonchev–Trinajstić information content (AvgIpc) is 3.28. The molecule has 188 valence electrons. The van der Waals surface area contributed by atoms with Crippen LogP contribution >= 0.6 is 0 Å². The Kier molecular flexibility index (Phi) is 14.5. The molecule has 0 unspecified atom stereocenters. The number of hydrogen-bond acceptors (Lipinski definition) is 2. The van der Waals surface area contributed by atoms with Gasteiger partial charge in [0.15, 0.2) is 0 Å². The zero-order chi connectivity index (χ0) is 25.0. The molecular weight excluding hydrogens is 432 g/mol. The molecule has 0 aliphatic rings. The number of carbonyl (C=O) groups is 1. The molecule has 1 aromatic heterocycles. The molecule has 1 amide bonds. The summed E-state index contributed by atoms with van der Waals surface area (Å²) in [6, 6.07) is 5.96. The minimum absolute atomic E-state index is 0.0953. The molecule has 0 aliphatic carbocycles. The molecule has 0 spiro atoms. The number of H-pyrrole nitrogens is 1. The lowest BCUT2D eigenvalue weighted by molar-refractivity contribution is -0.116. The van der Waals surface area contributed by atoms with E-state index in [9.17, 15) is 4.79 Å². The molecule has 0 fully saturated rings. The van der Waals surface area contributed by atoms with E-state index in [-0.39, 0.29) is 5.91 Å². The Bertz CT molecular complexity index is 1010. The van der Waals surface area contributed by atoms with Crippen LogP contribution in [0.1, 0.15) is 63.9 Å². The third kappa shape index (κ3) is 12.1. The summed E-state index contributed by atoms with van der Waals surface area (Å²) in [5.41, 5.74) is 2.23.